The van der Waals surface area contributed by atoms with Crippen LogP contribution in [0.15, 0.2) is 0 Å². The standard InChI is InChI=1S/C10H17NO2/c1-7(9-3-2-6-13-9)11-10(12)8-4-5-8/h7-9H,2-6H2,1H3,(H,11,12)/t7-,9-/m0/s1. The van der Waals surface area contributed by atoms with E-state index < -0.39 is 0 Å². The van der Waals surface area contributed by atoms with Gasteiger partial charge in [0, 0.05) is 12.5 Å². The van der Waals surface area contributed by atoms with Crippen LogP contribution in [-0.4, -0.2) is 24.7 Å². The molecule has 0 radical (unpaired) electrons. The number of hydrogen-bond donors (Lipinski definition) is 1. The van der Waals surface area contributed by atoms with E-state index in [9.17, 15) is 4.79 Å². The summed E-state index contributed by atoms with van der Waals surface area (Å²) in [6.07, 6.45) is 4.62. The molecule has 2 fully saturated rings. The molecule has 1 saturated carbocycles. The zero-order chi connectivity index (χ0) is 9.26. The third kappa shape index (κ3) is 2.21. The van der Waals surface area contributed by atoms with Crippen molar-refractivity contribution in [3.63, 3.8) is 0 Å². The third-order valence-corrected chi connectivity index (χ3v) is 2.84. The average molecular weight is 183 g/mol. The molecule has 1 heterocycles. The van der Waals surface area contributed by atoms with E-state index in [0.29, 0.717) is 5.92 Å². The van der Waals surface area contributed by atoms with Crippen molar-refractivity contribution in [2.24, 2.45) is 5.92 Å². The van der Waals surface area contributed by atoms with Crippen LogP contribution in [0.25, 0.3) is 0 Å². The van der Waals surface area contributed by atoms with Crippen LogP contribution < -0.4 is 5.32 Å². The minimum atomic E-state index is 0.190. The SMILES string of the molecule is C[C@H](NC(=O)C1CC1)[C@@H]1CCCO1. The maximum atomic E-state index is 11.4. The Morgan fingerprint density at radius 2 is 2.23 bits per heavy atom. The molecule has 2 rings (SSSR count). The monoisotopic (exact) mass is 183 g/mol. The average Bonchev–Trinajstić information content (AvgIpc) is 2.81. The predicted molar refractivity (Wildman–Crippen MR) is 49.3 cm³/mol. The van der Waals surface area contributed by atoms with Crippen LogP contribution >= 0.6 is 0 Å². The molecule has 1 aliphatic carbocycles. The summed E-state index contributed by atoms with van der Waals surface area (Å²) in [6, 6.07) is 0.190. The van der Waals surface area contributed by atoms with Crippen molar-refractivity contribution in [3.8, 4) is 0 Å². The molecule has 74 valence electrons. The van der Waals surface area contributed by atoms with Crippen molar-refractivity contribution in [1.82, 2.24) is 5.32 Å². The van der Waals surface area contributed by atoms with Gasteiger partial charge >= 0.3 is 0 Å². The highest BCUT2D eigenvalue weighted by molar-refractivity contribution is 5.81. The van der Waals surface area contributed by atoms with Crippen molar-refractivity contribution in [2.75, 3.05) is 6.61 Å². The second-order valence-corrected chi connectivity index (χ2v) is 4.12. The minimum Gasteiger partial charge on any atom is -0.376 e. The fraction of sp³-hybridized carbons (Fsp3) is 0.900. The van der Waals surface area contributed by atoms with Gasteiger partial charge in [-0.2, -0.15) is 0 Å². The van der Waals surface area contributed by atoms with Gasteiger partial charge in [-0.15, -0.1) is 0 Å². The van der Waals surface area contributed by atoms with Crippen LogP contribution in [-0.2, 0) is 9.53 Å². The van der Waals surface area contributed by atoms with Gasteiger partial charge in [0.25, 0.3) is 0 Å². The summed E-state index contributed by atoms with van der Waals surface area (Å²) in [5.41, 5.74) is 0. The second kappa shape index (κ2) is 3.66. The van der Waals surface area contributed by atoms with E-state index >= 15 is 0 Å². The summed E-state index contributed by atoms with van der Waals surface area (Å²) in [6.45, 7) is 2.89. The van der Waals surface area contributed by atoms with Gasteiger partial charge in [-0.3, -0.25) is 4.79 Å². The van der Waals surface area contributed by atoms with Gasteiger partial charge in [0.15, 0.2) is 0 Å². The lowest BCUT2D eigenvalue weighted by Gasteiger charge is -2.19. The van der Waals surface area contributed by atoms with Gasteiger partial charge in [-0.25, -0.2) is 0 Å². The molecule has 0 aromatic carbocycles. The van der Waals surface area contributed by atoms with Crippen LogP contribution in [0, 0.1) is 5.92 Å². The highest BCUT2D eigenvalue weighted by atomic mass is 16.5. The fourth-order valence-electron chi connectivity index (χ4n) is 1.78. The maximum absolute atomic E-state index is 11.4. The molecule has 3 nitrogen and oxygen atoms in total. The second-order valence-electron chi connectivity index (χ2n) is 4.12. The summed E-state index contributed by atoms with van der Waals surface area (Å²) in [7, 11) is 0. The number of nitrogens with one attached hydrogen (secondary N) is 1. The van der Waals surface area contributed by atoms with Crippen LogP contribution in [0.4, 0.5) is 0 Å². The third-order valence-electron chi connectivity index (χ3n) is 2.84. The molecule has 0 aromatic heterocycles. The topological polar surface area (TPSA) is 38.3 Å². The van der Waals surface area contributed by atoms with E-state index in [2.05, 4.69) is 5.32 Å². The van der Waals surface area contributed by atoms with Crippen LogP contribution in [0.1, 0.15) is 32.6 Å². The molecule has 2 atom stereocenters. The Morgan fingerprint density at radius 1 is 1.46 bits per heavy atom. The molecule has 0 unspecified atom stereocenters. The van der Waals surface area contributed by atoms with Crippen molar-refractivity contribution < 1.29 is 9.53 Å². The maximum Gasteiger partial charge on any atom is 0.223 e. The van der Waals surface area contributed by atoms with Gasteiger partial charge in [0.1, 0.15) is 0 Å². The van der Waals surface area contributed by atoms with Crippen LogP contribution in [0.2, 0.25) is 0 Å². The summed E-state index contributed by atoms with van der Waals surface area (Å²) in [5, 5.41) is 3.02. The molecule has 3 heteroatoms. The fourth-order valence-corrected chi connectivity index (χ4v) is 1.78. The van der Waals surface area contributed by atoms with Gasteiger partial charge < -0.3 is 10.1 Å². The Bertz CT molecular complexity index is 195. The smallest absolute Gasteiger partial charge is 0.223 e. The molecule has 1 N–H and O–H groups in total. The molecule has 1 aliphatic heterocycles. The number of hydrogen-bond acceptors (Lipinski definition) is 2. The Morgan fingerprint density at radius 3 is 2.77 bits per heavy atom. The van der Waals surface area contributed by atoms with Gasteiger partial charge in [0.2, 0.25) is 5.91 Å². The first-order valence-electron chi connectivity index (χ1n) is 5.19. The molecule has 0 aromatic rings. The molecule has 0 bridgehead atoms. The summed E-state index contributed by atoms with van der Waals surface area (Å²) in [4.78, 5) is 11.4. The Balaban J connectivity index is 1.75. The molecule has 13 heavy (non-hydrogen) atoms. The van der Waals surface area contributed by atoms with Crippen molar-refractivity contribution in [2.45, 2.75) is 44.8 Å². The largest absolute Gasteiger partial charge is 0.376 e. The highest BCUT2D eigenvalue weighted by Crippen LogP contribution is 2.29. The predicted octanol–water partition coefficient (Wildman–Crippen LogP) is 1.08. The van der Waals surface area contributed by atoms with Crippen LogP contribution in [0.3, 0.4) is 0 Å². The number of carbonyl (C=O) groups is 1. The zero-order valence-corrected chi connectivity index (χ0v) is 8.08. The number of rotatable bonds is 3. The van der Waals surface area contributed by atoms with E-state index in [1.54, 1.807) is 0 Å². The first-order valence-corrected chi connectivity index (χ1v) is 5.19. The molecule has 0 spiro atoms. The lowest BCUT2D eigenvalue weighted by atomic mass is 10.1. The normalized spacial score (nSPS) is 30.1. The van der Waals surface area contributed by atoms with E-state index in [4.69, 9.17) is 4.74 Å². The minimum absolute atomic E-state index is 0.190. The van der Waals surface area contributed by atoms with Crippen molar-refractivity contribution >= 4 is 5.91 Å². The lowest BCUT2D eigenvalue weighted by Crippen LogP contribution is -2.41. The van der Waals surface area contributed by atoms with Gasteiger partial charge in [0.05, 0.1) is 12.1 Å². The quantitative estimate of drug-likeness (QED) is 0.711. The van der Waals surface area contributed by atoms with Gasteiger partial charge in [-0.05, 0) is 32.6 Å². The van der Waals surface area contributed by atoms with Crippen LogP contribution in [0.5, 0.6) is 0 Å². The highest BCUT2D eigenvalue weighted by Gasteiger charge is 2.32. The lowest BCUT2D eigenvalue weighted by molar-refractivity contribution is -0.123. The summed E-state index contributed by atoms with van der Waals surface area (Å²) < 4.78 is 5.50. The zero-order valence-electron chi connectivity index (χ0n) is 8.08. The van der Waals surface area contributed by atoms with Crippen molar-refractivity contribution in [1.29, 1.82) is 0 Å². The first kappa shape index (κ1) is 9.00. The number of carbonyl (C=O) groups excluding carboxylic acids is 1. The Kier molecular flexibility index (Phi) is 2.54. The Labute approximate surface area is 78.8 Å². The van der Waals surface area contributed by atoms with E-state index in [1.807, 2.05) is 6.92 Å². The number of amides is 1. The molecule has 1 saturated heterocycles. The molecular weight excluding hydrogens is 166 g/mol. The molecular formula is C10H17NO2. The summed E-state index contributed by atoms with van der Waals surface area (Å²) in [5.74, 6) is 0.534. The van der Waals surface area contributed by atoms with Crippen molar-refractivity contribution in [3.05, 3.63) is 0 Å². The Hall–Kier alpha value is -0.570. The van der Waals surface area contributed by atoms with Gasteiger partial charge in [-0.1, -0.05) is 0 Å². The number of ether oxygens (including phenoxy) is 1. The first-order chi connectivity index (χ1) is 6.27. The molecule has 2 aliphatic rings. The summed E-state index contributed by atoms with van der Waals surface area (Å²) >= 11 is 0. The van der Waals surface area contributed by atoms with E-state index in [0.717, 1.165) is 32.3 Å². The van der Waals surface area contributed by atoms with E-state index in [-0.39, 0.29) is 18.1 Å². The van der Waals surface area contributed by atoms with E-state index in [1.165, 1.54) is 0 Å². The molecule has 1 amide bonds.